The van der Waals surface area contributed by atoms with E-state index in [-0.39, 0.29) is 30.3 Å². The van der Waals surface area contributed by atoms with E-state index in [9.17, 15) is 14.4 Å². The number of anilines is 2. The van der Waals surface area contributed by atoms with Gasteiger partial charge in [0, 0.05) is 35.1 Å². The van der Waals surface area contributed by atoms with Crippen LogP contribution in [0, 0.1) is 0 Å². The molecule has 0 aromatic heterocycles. The van der Waals surface area contributed by atoms with E-state index in [1.807, 2.05) is 20.8 Å². The van der Waals surface area contributed by atoms with E-state index in [0.29, 0.717) is 23.4 Å². The first-order chi connectivity index (χ1) is 14.4. The zero-order valence-corrected chi connectivity index (χ0v) is 17.7. The molecule has 0 aliphatic rings. The van der Waals surface area contributed by atoms with Gasteiger partial charge in [-0.1, -0.05) is 19.9 Å². The predicted octanol–water partition coefficient (Wildman–Crippen LogP) is 3.41. The van der Waals surface area contributed by atoms with Crippen molar-refractivity contribution in [3.05, 3.63) is 59.7 Å². The predicted molar refractivity (Wildman–Crippen MR) is 120 cm³/mol. The molecule has 1 unspecified atom stereocenters. The third kappa shape index (κ3) is 7.24. The Kier molecular flexibility index (Phi) is 8.87. The summed E-state index contributed by atoms with van der Waals surface area (Å²) in [6, 6.07) is 13.9. The maximum atomic E-state index is 12.2. The van der Waals surface area contributed by atoms with E-state index < -0.39 is 0 Å². The maximum absolute atomic E-state index is 12.2. The lowest BCUT2D eigenvalue weighted by Crippen LogP contribution is -2.32. The average molecular weight is 411 g/mol. The van der Waals surface area contributed by atoms with Crippen LogP contribution in [0.3, 0.4) is 0 Å². The molecule has 160 valence electrons. The molecule has 0 heterocycles. The molecular weight excluding hydrogens is 380 g/mol. The number of carbonyl (C=O) groups is 3. The van der Waals surface area contributed by atoms with Crippen molar-refractivity contribution in [1.82, 2.24) is 10.6 Å². The third-order valence-electron chi connectivity index (χ3n) is 4.53. The van der Waals surface area contributed by atoms with Gasteiger partial charge in [-0.05, 0) is 62.2 Å². The van der Waals surface area contributed by atoms with Crippen molar-refractivity contribution < 1.29 is 14.4 Å². The first-order valence-electron chi connectivity index (χ1n) is 10.3. The third-order valence-corrected chi connectivity index (χ3v) is 4.53. The topological polar surface area (TPSA) is 99.3 Å². The molecule has 3 amide bonds. The fourth-order valence-electron chi connectivity index (χ4n) is 2.61. The van der Waals surface area contributed by atoms with Crippen molar-refractivity contribution in [1.29, 1.82) is 0 Å². The maximum Gasteiger partial charge on any atom is 0.251 e. The molecule has 0 bridgehead atoms. The standard InChI is InChI=1S/C23H30N4O3/c1-4-13-24-22(29)17-9-11-19(12-10-17)25-15-21(28)27-20-8-6-7-18(14-20)23(30)26-16(3)5-2/h6-12,14,16,25H,4-5,13,15H2,1-3H3,(H,24,29)(H,26,30)(H,27,28). The highest BCUT2D eigenvalue weighted by molar-refractivity contribution is 5.98. The number of benzene rings is 2. The van der Waals surface area contributed by atoms with Gasteiger partial charge in [0.15, 0.2) is 0 Å². The number of hydrogen-bond donors (Lipinski definition) is 4. The summed E-state index contributed by atoms with van der Waals surface area (Å²) < 4.78 is 0. The Bertz CT molecular complexity index is 865. The molecule has 0 radical (unpaired) electrons. The lowest BCUT2D eigenvalue weighted by Gasteiger charge is -2.12. The lowest BCUT2D eigenvalue weighted by molar-refractivity contribution is -0.114. The smallest absolute Gasteiger partial charge is 0.251 e. The van der Waals surface area contributed by atoms with E-state index in [2.05, 4.69) is 21.3 Å². The van der Waals surface area contributed by atoms with Crippen molar-refractivity contribution >= 4 is 29.1 Å². The Morgan fingerprint density at radius 3 is 2.30 bits per heavy atom. The van der Waals surface area contributed by atoms with Gasteiger partial charge in [-0.15, -0.1) is 0 Å². The average Bonchev–Trinajstić information content (AvgIpc) is 2.76. The molecule has 1 atom stereocenters. The molecular formula is C23H30N4O3. The molecule has 0 saturated heterocycles. The van der Waals surface area contributed by atoms with Crippen LogP contribution in [0.1, 0.15) is 54.3 Å². The van der Waals surface area contributed by atoms with Crippen molar-refractivity contribution in [2.45, 2.75) is 39.7 Å². The first kappa shape index (κ1) is 22.9. The monoisotopic (exact) mass is 410 g/mol. The molecule has 2 aromatic rings. The van der Waals surface area contributed by atoms with Crippen LogP contribution in [0.15, 0.2) is 48.5 Å². The highest BCUT2D eigenvalue weighted by Gasteiger charge is 2.10. The molecule has 7 heteroatoms. The van der Waals surface area contributed by atoms with E-state index in [1.54, 1.807) is 48.5 Å². The van der Waals surface area contributed by atoms with Crippen LogP contribution in [-0.2, 0) is 4.79 Å². The van der Waals surface area contributed by atoms with E-state index in [0.717, 1.165) is 18.5 Å². The summed E-state index contributed by atoms with van der Waals surface area (Å²) in [5, 5.41) is 11.5. The minimum Gasteiger partial charge on any atom is -0.376 e. The van der Waals surface area contributed by atoms with Gasteiger partial charge in [0.05, 0.1) is 6.54 Å². The highest BCUT2D eigenvalue weighted by Crippen LogP contribution is 2.12. The molecule has 0 spiro atoms. The molecule has 30 heavy (non-hydrogen) atoms. The molecule has 0 aliphatic carbocycles. The van der Waals surface area contributed by atoms with Gasteiger partial charge in [0.2, 0.25) is 5.91 Å². The summed E-state index contributed by atoms with van der Waals surface area (Å²) in [5.74, 6) is -0.515. The molecule has 0 aliphatic heterocycles. The summed E-state index contributed by atoms with van der Waals surface area (Å²) >= 11 is 0. The van der Waals surface area contributed by atoms with Gasteiger partial charge in [0.1, 0.15) is 0 Å². The second-order valence-corrected chi connectivity index (χ2v) is 7.10. The normalized spacial score (nSPS) is 11.3. The van der Waals surface area contributed by atoms with Crippen molar-refractivity contribution in [2.24, 2.45) is 0 Å². The molecule has 2 rings (SSSR count). The summed E-state index contributed by atoms with van der Waals surface area (Å²) in [6.45, 7) is 6.64. The number of nitrogens with one attached hydrogen (secondary N) is 4. The van der Waals surface area contributed by atoms with Gasteiger partial charge in [-0.3, -0.25) is 14.4 Å². The summed E-state index contributed by atoms with van der Waals surface area (Å²) in [6.07, 6.45) is 1.73. The number of hydrogen-bond acceptors (Lipinski definition) is 4. The highest BCUT2D eigenvalue weighted by atomic mass is 16.2. The second-order valence-electron chi connectivity index (χ2n) is 7.10. The van der Waals surface area contributed by atoms with Gasteiger partial charge >= 0.3 is 0 Å². The van der Waals surface area contributed by atoms with Crippen LogP contribution in [0.25, 0.3) is 0 Å². The van der Waals surface area contributed by atoms with Crippen molar-refractivity contribution in [3.63, 3.8) is 0 Å². The zero-order chi connectivity index (χ0) is 21.9. The Morgan fingerprint density at radius 1 is 0.900 bits per heavy atom. The van der Waals surface area contributed by atoms with Crippen LogP contribution >= 0.6 is 0 Å². The van der Waals surface area contributed by atoms with Crippen LogP contribution in [-0.4, -0.2) is 36.9 Å². The van der Waals surface area contributed by atoms with E-state index in [4.69, 9.17) is 0 Å². The Balaban J connectivity index is 1.87. The molecule has 4 N–H and O–H groups in total. The van der Waals surface area contributed by atoms with Gasteiger partial charge in [-0.2, -0.15) is 0 Å². The second kappa shape index (κ2) is 11.6. The van der Waals surface area contributed by atoms with Crippen LogP contribution in [0.5, 0.6) is 0 Å². The number of amides is 3. The SMILES string of the molecule is CCCNC(=O)c1ccc(NCC(=O)Nc2cccc(C(=O)NC(C)CC)c2)cc1. The fraction of sp³-hybridized carbons (Fsp3) is 0.348. The zero-order valence-electron chi connectivity index (χ0n) is 17.7. The minimum absolute atomic E-state index is 0.0602. The summed E-state index contributed by atoms with van der Waals surface area (Å²) in [7, 11) is 0. The summed E-state index contributed by atoms with van der Waals surface area (Å²) in [4.78, 5) is 36.4. The minimum atomic E-state index is -0.237. The first-order valence-corrected chi connectivity index (χ1v) is 10.3. The fourth-order valence-corrected chi connectivity index (χ4v) is 2.61. The van der Waals surface area contributed by atoms with Crippen LogP contribution in [0.4, 0.5) is 11.4 Å². The van der Waals surface area contributed by atoms with Gasteiger partial charge in [0.25, 0.3) is 11.8 Å². The van der Waals surface area contributed by atoms with Gasteiger partial charge in [-0.25, -0.2) is 0 Å². The van der Waals surface area contributed by atoms with E-state index >= 15 is 0 Å². The molecule has 7 nitrogen and oxygen atoms in total. The Hall–Kier alpha value is -3.35. The van der Waals surface area contributed by atoms with E-state index in [1.165, 1.54) is 0 Å². The lowest BCUT2D eigenvalue weighted by atomic mass is 10.1. The number of rotatable bonds is 10. The van der Waals surface area contributed by atoms with Crippen molar-refractivity contribution in [3.8, 4) is 0 Å². The summed E-state index contributed by atoms with van der Waals surface area (Å²) in [5.41, 5.74) is 2.37. The molecule has 0 fully saturated rings. The Labute approximate surface area is 177 Å². The van der Waals surface area contributed by atoms with Crippen molar-refractivity contribution in [2.75, 3.05) is 23.7 Å². The van der Waals surface area contributed by atoms with Gasteiger partial charge < -0.3 is 21.3 Å². The van der Waals surface area contributed by atoms with Crippen LogP contribution in [0.2, 0.25) is 0 Å². The quantitative estimate of drug-likeness (QED) is 0.482. The largest absolute Gasteiger partial charge is 0.376 e. The molecule has 0 saturated carbocycles. The Morgan fingerprint density at radius 2 is 1.63 bits per heavy atom. The number of carbonyl (C=O) groups excluding carboxylic acids is 3. The van der Waals surface area contributed by atoms with Crippen LogP contribution < -0.4 is 21.3 Å². The molecule has 2 aromatic carbocycles.